The maximum atomic E-state index is 12.9. The topological polar surface area (TPSA) is 20.3 Å². The molecule has 2 aromatic rings. The molecule has 0 bridgehead atoms. The van der Waals surface area contributed by atoms with Gasteiger partial charge in [-0.25, -0.2) is 4.39 Å². The molecule has 3 heteroatoms. The van der Waals surface area contributed by atoms with Crippen LogP contribution in [0.1, 0.15) is 21.5 Å². The van der Waals surface area contributed by atoms with Crippen molar-refractivity contribution >= 4 is 17.4 Å². The number of rotatable bonds is 6. The minimum Gasteiger partial charge on any atom is -0.306 e. The van der Waals surface area contributed by atoms with Crippen molar-refractivity contribution in [2.75, 3.05) is 20.6 Å². The van der Waals surface area contributed by atoms with Crippen LogP contribution in [0.15, 0.2) is 61.2 Å². The number of hydrogen-bond donors (Lipinski definition) is 0. The van der Waals surface area contributed by atoms with Crippen molar-refractivity contribution in [1.29, 1.82) is 0 Å². The van der Waals surface area contributed by atoms with Crippen molar-refractivity contribution in [3.8, 4) is 0 Å². The first-order valence-electron chi connectivity index (χ1n) is 7.38. The Morgan fingerprint density at radius 2 is 1.61 bits per heavy atom. The van der Waals surface area contributed by atoms with Crippen LogP contribution in [0.4, 0.5) is 4.39 Å². The third-order valence-electron chi connectivity index (χ3n) is 3.42. The van der Waals surface area contributed by atoms with Crippen LogP contribution >= 0.6 is 0 Å². The van der Waals surface area contributed by atoms with Gasteiger partial charge in [-0.3, -0.25) is 4.79 Å². The van der Waals surface area contributed by atoms with E-state index in [9.17, 15) is 9.18 Å². The van der Waals surface area contributed by atoms with E-state index in [0.29, 0.717) is 16.7 Å². The molecule has 2 nitrogen and oxygen atoms in total. The number of likely N-dealkylation sites (N-methyl/N-ethyl adjacent to an activating group) is 1. The predicted octanol–water partition coefficient (Wildman–Crippen LogP) is 4.30. The standard InChI is InChI=1S/C20H20FNO/c1-15(17-10-12-19(21)13-11-17)20(23)18-8-6-16(7-9-18)5-4-14-22(2)3/h4-13H,1,14H2,2-3H3. The number of ketones is 1. The Hall–Kier alpha value is -2.52. The first-order chi connectivity index (χ1) is 11.0. The van der Waals surface area contributed by atoms with Gasteiger partial charge in [0.25, 0.3) is 0 Å². The molecule has 0 N–H and O–H groups in total. The maximum absolute atomic E-state index is 12.9. The summed E-state index contributed by atoms with van der Waals surface area (Å²) in [5, 5.41) is 0. The fourth-order valence-corrected chi connectivity index (χ4v) is 2.10. The first-order valence-corrected chi connectivity index (χ1v) is 7.38. The number of allylic oxidation sites excluding steroid dienone is 1. The highest BCUT2D eigenvalue weighted by atomic mass is 19.1. The molecule has 0 saturated carbocycles. The van der Waals surface area contributed by atoms with Crippen molar-refractivity contribution in [3.05, 3.63) is 83.7 Å². The molecule has 0 spiro atoms. The number of Topliss-reactive ketones (excluding diaryl/α,β-unsaturated/α-hetero) is 1. The Balaban J connectivity index is 2.09. The molecule has 0 heterocycles. The smallest absolute Gasteiger partial charge is 0.193 e. The Bertz CT molecular complexity index is 712. The fraction of sp³-hybridized carbons (Fsp3) is 0.150. The highest BCUT2D eigenvalue weighted by Crippen LogP contribution is 2.19. The molecule has 0 aliphatic carbocycles. The molecule has 2 aromatic carbocycles. The van der Waals surface area contributed by atoms with Crippen molar-refractivity contribution in [3.63, 3.8) is 0 Å². The van der Waals surface area contributed by atoms with Gasteiger partial charge in [-0.15, -0.1) is 0 Å². The van der Waals surface area contributed by atoms with Gasteiger partial charge >= 0.3 is 0 Å². The summed E-state index contributed by atoms with van der Waals surface area (Å²) >= 11 is 0. The zero-order valence-corrected chi connectivity index (χ0v) is 13.4. The van der Waals surface area contributed by atoms with E-state index in [2.05, 4.69) is 17.6 Å². The van der Waals surface area contributed by atoms with E-state index in [1.807, 2.05) is 32.3 Å². The molecule has 0 unspecified atom stereocenters. The number of hydrogen-bond acceptors (Lipinski definition) is 2. The van der Waals surface area contributed by atoms with Crippen molar-refractivity contribution < 1.29 is 9.18 Å². The molecular weight excluding hydrogens is 289 g/mol. The molecule has 23 heavy (non-hydrogen) atoms. The van der Waals surface area contributed by atoms with E-state index < -0.39 is 0 Å². The van der Waals surface area contributed by atoms with Crippen LogP contribution in [0.2, 0.25) is 0 Å². The number of carbonyl (C=O) groups is 1. The molecule has 0 aromatic heterocycles. The summed E-state index contributed by atoms with van der Waals surface area (Å²) in [6.45, 7) is 4.69. The number of carbonyl (C=O) groups excluding carboxylic acids is 1. The monoisotopic (exact) mass is 309 g/mol. The van der Waals surface area contributed by atoms with E-state index in [-0.39, 0.29) is 11.6 Å². The maximum Gasteiger partial charge on any atom is 0.193 e. The molecule has 0 saturated heterocycles. The second-order valence-electron chi connectivity index (χ2n) is 5.60. The lowest BCUT2D eigenvalue weighted by Gasteiger charge is -2.06. The number of nitrogens with zero attached hydrogens (tertiary/aromatic N) is 1. The Labute approximate surface area is 136 Å². The zero-order valence-electron chi connectivity index (χ0n) is 13.4. The van der Waals surface area contributed by atoms with Crippen molar-refractivity contribution in [1.82, 2.24) is 4.90 Å². The van der Waals surface area contributed by atoms with Gasteiger partial charge in [-0.2, -0.15) is 0 Å². The van der Waals surface area contributed by atoms with Crippen LogP contribution in [0.5, 0.6) is 0 Å². The summed E-state index contributed by atoms with van der Waals surface area (Å²) in [7, 11) is 4.01. The Morgan fingerprint density at radius 3 is 2.17 bits per heavy atom. The van der Waals surface area contributed by atoms with Crippen LogP contribution in [0.25, 0.3) is 11.6 Å². The van der Waals surface area contributed by atoms with Gasteiger partial charge in [-0.05, 0) is 37.4 Å². The summed E-state index contributed by atoms with van der Waals surface area (Å²) in [5.74, 6) is -0.483. The first kappa shape index (κ1) is 16.8. The Kier molecular flexibility index (Phi) is 5.61. The van der Waals surface area contributed by atoms with Gasteiger partial charge in [0.2, 0.25) is 0 Å². The van der Waals surface area contributed by atoms with Gasteiger partial charge in [0.15, 0.2) is 5.78 Å². The molecule has 0 aliphatic heterocycles. The quantitative estimate of drug-likeness (QED) is 0.586. The normalized spacial score (nSPS) is 11.1. The van der Waals surface area contributed by atoms with E-state index in [1.54, 1.807) is 24.3 Å². The summed E-state index contributed by atoms with van der Waals surface area (Å²) < 4.78 is 12.9. The van der Waals surface area contributed by atoms with Gasteiger partial charge in [0.05, 0.1) is 0 Å². The van der Waals surface area contributed by atoms with Crippen LogP contribution in [-0.2, 0) is 0 Å². The lowest BCUT2D eigenvalue weighted by Crippen LogP contribution is -2.10. The molecule has 0 atom stereocenters. The Morgan fingerprint density at radius 1 is 1.04 bits per heavy atom. The van der Waals surface area contributed by atoms with Crippen molar-refractivity contribution in [2.45, 2.75) is 0 Å². The van der Waals surface area contributed by atoms with Gasteiger partial charge in [0.1, 0.15) is 5.82 Å². The minimum absolute atomic E-state index is 0.152. The minimum atomic E-state index is -0.331. The van der Waals surface area contributed by atoms with E-state index >= 15 is 0 Å². The second-order valence-corrected chi connectivity index (χ2v) is 5.60. The van der Waals surface area contributed by atoms with Gasteiger partial charge in [0, 0.05) is 17.7 Å². The third-order valence-corrected chi connectivity index (χ3v) is 3.42. The lowest BCUT2D eigenvalue weighted by atomic mass is 9.97. The van der Waals surface area contributed by atoms with Gasteiger partial charge in [-0.1, -0.05) is 55.1 Å². The van der Waals surface area contributed by atoms with Crippen LogP contribution in [0.3, 0.4) is 0 Å². The predicted molar refractivity (Wildman–Crippen MR) is 93.8 cm³/mol. The second kappa shape index (κ2) is 7.65. The third kappa shape index (κ3) is 4.73. The molecule has 0 fully saturated rings. The van der Waals surface area contributed by atoms with E-state index in [4.69, 9.17) is 0 Å². The average Bonchev–Trinajstić information content (AvgIpc) is 2.54. The fourth-order valence-electron chi connectivity index (χ4n) is 2.10. The van der Waals surface area contributed by atoms with Crippen LogP contribution in [0, 0.1) is 5.82 Å². The van der Waals surface area contributed by atoms with Crippen LogP contribution in [-0.4, -0.2) is 31.3 Å². The number of benzene rings is 2. The molecular formula is C20H20FNO. The highest BCUT2D eigenvalue weighted by molar-refractivity contribution is 6.28. The molecule has 0 aliphatic rings. The van der Waals surface area contributed by atoms with Gasteiger partial charge < -0.3 is 4.90 Å². The molecule has 0 amide bonds. The molecule has 118 valence electrons. The largest absolute Gasteiger partial charge is 0.306 e. The molecule has 2 rings (SSSR count). The summed E-state index contributed by atoms with van der Waals surface area (Å²) in [5.41, 5.74) is 2.60. The zero-order chi connectivity index (χ0) is 16.8. The van der Waals surface area contributed by atoms with E-state index in [0.717, 1.165) is 12.1 Å². The molecule has 0 radical (unpaired) electrons. The lowest BCUT2D eigenvalue weighted by molar-refractivity contribution is 0.105. The van der Waals surface area contributed by atoms with Crippen molar-refractivity contribution in [2.24, 2.45) is 0 Å². The SMILES string of the molecule is C=C(C(=O)c1ccc(C=CCN(C)C)cc1)c1ccc(F)cc1. The summed E-state index contributed by atoms with van der Waals surface area (Å²) in [6.07, 6.45) is 4.08. The average molecular weight is 309 g/mol. The van der Waals surface area contributed by atoms with Crippen LogP contribution < -0.4 is 0 Å². The summed E-state index contributed by atoms with van der Waals surface area (Å²) in [6, 6.07) is 13.1. The van der Waals surface area contributed by atoms with E-state index in [1.165, 1.54) is 12.1 Å². The summed E-state index contributed by atoms with van der Waals surface area (Å²) in [4.78, 5) is 14.5. The number of halogens is 1. The highest BCUT2D eigenvalue weighted by Gasteiger charge is 2.12.